The van der Waals surface area contributed by atoms with E-state index in [1.807, 2.05) is 21.3 Å². The van der Waals surface area contributed by atoms with Crippen LogP contribution >= 0.6 is 0 Å². The number of alkyl halides is 1. The third-order valence-electron chi connectivity index (χ3n) is 6.05. The van der Waals surface area contributed by atoms with Gasteiger partial charge in [0.15, 0.2) is 0 Å². The molecule has 4 aromatic rings. The monoisotopic (exact) mass is 407 g/mol. The first-order valence-corrected chi connectivity index (χ1v) is 10.6. The fourth-order valence-electron chi connectivity index (χ4n) is 4.39. The van der Waals surface area contributed by atoms with Crippen LogP contribution in [-0.2, 0) is 19.6 Å². The first kappa shape index (κ1) is 19.1. The predicted octanol–water partition coefficient (Wildman–Crippen LogP) is 3.74. The topological polar surface area (TPSA) is 70.8 Å². The molecular formula is C23H26FN5O. The van der Waals surface area contributed by atoms with Crippen LogP contribution in [0.1, 0.15) is 43.0 Å². The number of nitrogens with zero attached hydrogens (tertiary/aromatic N) is 4. The Kier molecular flexibility index (Phi) is 4.90. The second-order valence-corrected chi connectivity index (χ2v) is 8.11. The zero-order valence-corrected chi connectivity index (χ0v) is 16.9. The van der Waals surface area contributed by atoms with Crippen molar-refractivity contribution in [3.05, 3.63) is 64.5 Å². The number of aryl methyl sites for hydroxylation is 1. The molecule has 1 aliphatic rings. The third kappa shape index (κ3) is 3.23. The molecule has 3 heterocycles. The number of pyridine rings is 1. The smallest absolute Gasteiger partial charge is 0.329 e. The predicted molar refractivity (Wildman–Crippen MR) is 116 cm³/mol. The highest BCUT2D eigenvalue weighted by atomic mass is 19.1. The van der Waals surface area contributed by atoms with Crippen molar-refractivity contribution >= 4 is 21.9 Å². The molecule has 1 fully saturated rings. The molecule has 0 saturated heterocycles. The molecule has 1 saturated carbocycles. The minimum Gasteiger partial charge on any atom is -0.343 e. The summed E-state index contributed by atoms with van der Waals surface area (Å²) < 4.78 is 18.7. The SMILES string of the molecule is NCc1ccc2c(c1)cc(Cn1c(=O)n(C3CC3)c3ccncc31)n2CCCCF. The molecule has 0 atom stereocenters. The molecule has 6 nitrogen and oxygen atoms in total. The highest BCUT2D eigenvalue weighted by molar-refractivity contribution is 5.82. The second-order valence-electron chi connectivity index (χ2n) is 8.11. The minimum atomic E-state index is -0.314. The van der Waals surface area contributed by atoms with Crippen LogP contribution in [0.2, 0.25) is 0 Å². The summed E-state index contributed by atoms with van der Waals surface area (Å²) in [5.74, 6) is 0. The molecule has 0 spiro atoms. The van der Waals surface area contributed by atoms with E-state index in [-0.39, 0.29) is 12.4 Å². The van der Waals surface area contributed by atoms with Gasteiger partial charge in [-0.25, -0.2) is 4.79 Å². The number of unbranched alkanes of at least 4 members (excludes halogenated alkanes) is 1. The first-order valence-electron chi connectivity index (χ1n) is 10.6. The average molecular weight is 407 g/mol. The zero-order chi connectivity index (χ0) is 20.7. The van der Waals surface area contributed by atoms with Gasteiger partial charge < -0.3 is 10.3 Å². The summed E-state index contributed by atoms with van der Waals surface area (Å²) in [4.78, 5) is 17.5. The second kappa shape index (κ2) is 7.72. The number of benzene rings is 1. The van der Waals surface area contributed by atoms with Crippen LogP contribution in [0, 0.1) is 0 Å². The lowest BCUT2D eigenvalue weighted by molar-refractivity contribution is 0.447. The van der Waals surface area contributed by atoms with Gasteiger partial charge in [0, 0.05) is 41.9 Å². The largest absolute Gasteiger partial charge is 0.343 e. The third-order valence-corrected chi connectivity index (χ3v) is 6.05. The molecule has 0 aliphatic heterocycles. The van der Waals surface area contributed by atoms with Crippen LogP contribution < -0.4 is 11.4 Å². The van der Waals surface area contributed by atoms with Crippen molar-refractivity contribution in [1.29, 1.82) is 0 Å². The standard InChI is InChI=1S/C23H26FN5O/c24-8-1-2-10-27-19(12-17-11-16(13-25)3-6-20(17)27)15-28-22-14-26-9-7-21(22)29(23(28)30)18-4-5-18/h3,6-7,9,11-12,14,18H,1-2,4-5,8,10,13,15,25H2. The maximum absolute atomic E-state index is 13.3. The van der Waals surface area contributed by atoms with Crippen molar-refractivity contribution in [2.24, 2.45) is 5.73 Å². The quantitative estimate of drug-likeness (QED) is 0.452. The Balaban J connectivity index is 1.62. The lowest BCUT2D eigenvalue weighted by Gasteiger charge is -2.11. The van der Waals surface area contributed by atoms with Gasteiger partial charge in [-0.1, -0.05) is 6.07 Å². The number of hydrogen-bond acceptors (Lipinski definition) is 3. The Morgan fingerprint density at radius 1 is 1.07 bits per heavy atom. The van der Waals surface area contributed by atoms with Crippen LogP contribution in [0.25, 0.3) is 21.9 Å². The minimum absolute atomic E-state index is 0.0173. The molecule has 5 rings (SSSR count). The van der Waals surface area contributed by atoms with Gasteiger partial charge in [-0.15, -0.1) is 0 Å². The normalized spacial score (nSPS) is 14.2. The Morgan fingerprint density at radius 3 is 2.70 bits per heavy atom. The van der Waals surface area contributed by atoms with Crippen molar-refractivity contribution in [2.45, 2.75) is 51.4 Å². The average Bonchev–Trinajstić information content (AvgIpc) is 3.49. The summed E-state index contributed by atoms with van der Waals surface area (Å²) in [6.45, 7) is 1.35. The van der Waals surface area contributed by atoms with E-state index in [4.69, 9.17) is 5.73 Å². The van der Waals surface area contributed by atoms with Crippen molar-refractivity contribution in [3.8, 4) is 0 Å². The summed E-state index contributed by atoms with van der Waals surface area (Å²) in [6, 6.07) is 10.6. The highest BCUT2D eigenvalue weighted by Crippen LogP contribution is 2.36. The molecule has 2 N–H and O–H groups in total. The van der Waals surface area contributed by atoms with Crippen molar-refractivity contribution < 1.29 is 4.39 Å². The Labute approximate surface area is 173 Å². The Morgan fingerprint density at radius 2 is 1.93 bits per heavy atom. The van der Waals surface area contributed by atoms with Crippen molar-refractivity contribution in [3.63, 3.8) is 0 Å². The number of hydrogen-bond donors (Lipinski definition) is 1. The van der Waals surface area contributed by atoms with Gasteiger partial charge >= 0.3 is 5.69 Å². The van der Waals surface area contributed by atoms with Crippen LogP contribution in [-0.4, -0.2) is 25.4 Å². The Bertz CT molecular complexity index is 1260. The molecule has 0 unspecified atom stereocenters. The number of nitrogens with two attached hydrogens (primary N) is 1. The van der Waals surface area contributed by atoms with E-state index >= 15 is 0 Å². The molecular weight excluding hydrogens is 381 g/mol. The molecule has 3 aromatic heterocycles. The number of fused-ring (bicyclic) bond motifs is 2. The summed E-state index contributed by atoms with van der Waals surface area (Å²) >= 11 is 0. The highest BCUT2D eigenvalue weighted by Gasteiger charge is 2.29. The van der Waals surface area contributed by atoms with E-state index in [1.165, 1.54) is 0 Å². The molecule has 1 aliphatic carbocycles. The molecule has 156 valence electrons. The summed E-state index contributed by atoms with van der Waals surface area (Å²) in [5, 5.41) is 1.10. The Hall–Kier alpha value is -2.93. The van der Waals surface area contributed by atoms with Crippen LogP contribution in [0.3, 0.4) is 0 Å². The zero-order valence-electron chi connectivity index (χ0n) is 16.9. The van der Waals surface area contributed by atoms with Crippen molar-refractivity contribution in [2.75, 3.05) is 6.67 Å². The van der Waals surface area contributed by atoms with E-state index in [2.05, 4.69) is 27.8 Å². The number of rotatable bonds is 8. The van der Waals surface area contributed by atoms with Crippen LogP contribution in [0.5, 0.6) is 0 Å². The fraction of sp³-hybridized carbons (Fsp3) is 0.391. The summed E-state index contributed by atoms with van der Waals surface area (Å²) in [7, 11) is 0. The molecule has 7 heteroatoms. The number of imidazole rings is 1. The van der Waals surface area contributed by atoms with E-state index in [9.17, 15) is 9.18 Å². The first-order chi connectivity index (χ1) is 14.7. The molecule has 30 heavy (non-hydrogen) atoms. The van der Waals surface area contributed by atoms with Crippen molar-refractivity contribution in [1.82, 2.24) is 18.7 Å². The number of aromatic nitrogens is 4. The molecule has 0 amide bonds. The molecule has 1 aromatic carbocycles. The van der Waals surface area contributed by atoms with Gasteiger partial charge in [0.2, 0.25) is 0 Å². The lowest BCUT2D eigenvalue weighted by atomic mass is 10.1. The van der Waals surface area contributed by atoms with Crippen LogP contribution in [0.15, 0.2) is 47.5 Å². The van der Waals surface area contributed by atoms with Gasteiger partial charge in [0.25, 0.3) is 0 Å². The van der Waals surface area contributed by atoms with Gasteiger partial charge in [0.05, 0.1) is 30.4 Å². The van der Waals surface area contributed by atoms with Gasteiger partial charge in [0.1, 0.15) is 0 Å². The van der Waals surface area contributed by atoms with Gasteiger partial charge in [-0.05, 0) is 55.5 Å². The lowest BCUT2D eigenvalue weighted by Crippen LogP contribution is -2.25. The van der Waals surface area contributed by atoms with Gasteiger partial charge in [-0.3, -0.25) is 18.5 Å². The molecule has 0 radical (unpaired) electrons. The van der Waals surface area contributed by atoms with E-state index in [0.29, 0.717) is 25.6 Å². The fourth-order valence-corrected chi connectivity index (χ4v) is 4.39. The van der Waals surface area contributed by atoms with Crippen LogP contribution in [0.4, 0.5) is 4.39 Å². The maximum Gasteiger partial charge on any atom is 0.329 e. The number of halogens is 1. The van der Waals surface area contributed by atoms with E-state index < -0.39 is 0 Å². The summed E-state index contributed by atoms with van der Waals surface area (Å²) in [6.07, 6.45) is 6.90. The van der Waals surface area contributed by atoms with E-state index in [1.54, 1.807) is 12.4 Å². The van der Waals surface area contributed by atoms with Gasteiger partial charge in [-0.2, -0.15) is 0 Å². The molecule has 0 bridgehead atoms. The summed E-state index contributed by atoms with van der Waals surface area (Å²) in [5.41, 5.74) is 10.9. The maximum atomic E-state index is 13.3. The van der Waals surface area contributed by atoms with E-state index in [0.717, 1.165) is 59.0 Å².